The van der Waals surface area contributed by atoms with E-state index < -0.39 is 86.7 Å². The van der Waals surface area contributed by atoms with Gasteiger partial charge in [-0.05, 0) is 57.9 Å². The third-order valence-electron chi connectivity index (χ3n) is 7.73. The molecule has 1 aromatic heterocycles. The number of hydrogen-bond donors (Lipinski definition) is 1. The highest BCUT2D eigenvalue weighted by Crippen LogP contribution is 2.38. The summed E-state index contributed by atoms with van der Waals surface area (Å²) in [5.41, 5.74) is -3.88. The van der Waals surface area contributed by atoms with Crippen LogP contribution in [-0.4, -0.2) is 76.0 Å². The van der Waals surface area contributed by atoms with E-state index in [2.05, 4.69) is 14.7 Å². The van der Waals surface area contributed by atoms with Gasteiger partial charge in [0.15, 0.2) is 5.69 Å². The molecular formula is C31H35F5N6O5S. The van der Waals surface area contributed by atoms with E-state index in [0.29, 0.717) is 0 Å². The average molecular weight is 699 g/mol. The fraction of sp³-hybridized carbons (Fsp3) is 0.516. The number of benzene rings is 1. The Balaban J connectivity index is 1.62. The molecule has 1 aromatic carbocycles. The van der Waals surface area contributed by atoms with Crippen LogP contribution in [0.5, 0.6) is 0 Å². The maximum absolute atomic E-state index is 14.1. The molecule has 17 heteroatoms. The first-order chi connectivity index (χ1) is 22.1. The summed E-state index contributed by atoms with van der Waals surface area (Å²) in [5.74, 6) is -5.92. The predicted octanol–water partition coefficient (Wildman–Crippen LogP) is 6.01. The number of alkyl halides is 5. The summed E-state index contributed by atoms with van der Waals surface area (Å²) in [5, 5.41) is 12.1. The number of amides is 3. The van der Waals surface area contributed by atoms with E-state index in [0.717, 1.165) is 6.92 Å². The van der Waals surface area contributed by atoms with Gasteiger partial charge in [-0.2, -0.15) is 22.8 Å². The molecule has 11 nitrogen and oxygen atoms in total. The van der Waals surface area contributed by atoms with Gasteiger partial charge >= 0.3 is 12.3 Å². The van der Waals surface area contributed by atoms with E-state index in [1.54, 1.807) is 20.8 Å². The third-order valence-corrected chi connectivity index (χ3v) is 9.39. The molecule has 1 N–H and O–H groups in total. The standard InChI is InChI=1S/C31H35F5N6O5S/c1-18-22(15-37)24(31(34,35)36)39-25(41-12-7-10-30(32,33)11-13-41)23(18)27(44)38-20-8-6-9-21(14-20)48(5,46)40-26(43)19-16-42(17-19)28(45)47-29(2,3)4/h6,8-9,14,19H,7,10-13,16-17H2,1-5H3,(H,38,44)/t48-/m1/s1. The van der Waals surface area contributed by atoms with Gasteiger partial charge in [-0.1, -0.05) is 6.07 Å². The van der Waals surface area contributed by atoms with Crippen LogP contribution < -0.4 is 10.2 Å². The van der Waals surface area contributed by atoms with E-state index in [9.17, 15) is 45.8 Å². The van der Waals surface area contributed by atoms with Crippen LogP contribution in [0.2, 0.25) is 0 Å². The molecule has 260 valence electrons. The molecule has 0 unspecified atom stereocenters. The number of carbonyl (C=O) groups excluding carboxylic acids is 3. The zero-order chi connectivity index (χ0) is 35.8. The van der Waals surface area contributed by atoms with Crippen LogP contribution in [0.25, 0.3) is 0 Å². The number of pyridine rings is 1. The van der Waals surface area contributed by atoms with E-state index in [1.165, 1.54) is 46.4 Å². The molecule has 2 aliphatic rings. The number of carbonyl (C=O) groups is 3. The first-order valence-electron chi connectivity index (χ1n) is 14.9. The molecule has 2 saturated heterocycles. The fourth-order valence-corrected chi connectivity index (χ4v) is 6.49. The number of hydrogen-bond acceptors (Lipinski definition) is 8. The van der Waals surface area contributed by atoms with Crippen molar-refractivity contribution in [3.8, 4) is 6.07 Å². The smallest absolute Gasteiger partial charge is 0.434 e. The van der Waals surface area contributed by atoms with Gasteiger partial charge in [0.1, 0.15) is 17.5 Å². The van der Waals surface area contributed by atoms with Crippen molar-refractivity contribution in [1.82, 2.24) is 9.88 Å². The quantitative estimate of drug-likeness (QED) is 0.374. The zero-order valence-corrected chi connectivity index (χ0v) is 27.7. The Morgan fingerprint density at radius 2 is 1.81 bits per heavy atom. The monoisotopic (exact) mass is 698 g/mol. The Labute approximate surface area is 274 Å². The number of nitriles is 1. The molecule has 4 rings (SSSR count). The number of halogens is 5. The van der Waals surface area contributed by atoms with Crippen LogP contribution in [0.4, 0.5) is 38.3 Å². The molecule has 0 radical (unpaired) electrons. The summed E-state index contributed by atoms with van der Waals surface area (Å²) in [6, 6.07) is 6.95. The second-order valence-corrected chi connectivity index (χ2v) is 15.0. The molecule has 0 aliphatic carbocycles. The van der Waals surface area contributed by atoms with Gasteiger partial charge in [-0.3, -0.25) is 9.59 Å². The van der Waals surface area contributed by atoms with Crippen LogP contribution in [-0.2, 0) is 25.4 Å². The van der Waals surface area contributed by atoms with Gasteiger partial charge in [0, 0.05) is 55.9 Å². The number of aromatic nitrogens is 1. The minimum atomic E-state index is -5.07. The minimum Gasteiger partial charge on any atom is -0.444 e. The van der Waals surface area contributed by atoms with Crippen molar-refractivity contribution < 1.29 is 45.3 Å². The molecule has 0 saturated carbocycles. The molecule has 2 aliphatic heterocycles. The second kappa shape index (κ2) is 13.3. The lowest BCUT2D eigenvalue weighted by Gasteiger charge is -2.37. The van der Waals surface area contributed by atoms with Crippen molar-refractivity contribution in [3.63, 3.8) is 0 Å². The Morgan fingerprint density at radius 1 is 1.15 bits per heavy atom. The Kier molecular flexibility index (Phi) is 10.1. The van der Waals surface area contributed by atoms with Crippen molar-refractivity contribution in [2.45, 2.75) is 69.6 Å². The lowest BCUT2D eigenvalue weighted by molar-refractivity contribution is -0.141. The molecule has 0 bridgehead atoms. The average Bonchev–Trinajstić information content (AvgIpc) is 3.10. The zero-order valence-electron chi connectivity index (χ0n) is 26.9. The molecule has 0 spiro atoms. The number of ether oxygens (including phenoxy) is 1. The highest BCUT2D eigenvalue weighted by Gasteiger charge is 2.41. The summed E-state index contributed by atoms with van der Waals surface area (Å²) in [7, 11) is -3.37. The highest BCUT2D eigenvalue weighted by atomic mass is 32.2. The molecule has 48 heavy (non-hydrogen) atoms. The van der Waals surface area contributed by atoms with E-state index in [-0.39, 0.29) is 48.7 Å². The molecular weight excluding hydrogens is 663 g/mol. The maximum Gasteiger partial charge on any atom is 0.434 e. The summed E-state index contributed by atoms with van der Waals surface area (Å²) in [4.78, 5) is 44.9. The van der Waals surface area contributed by atoms with Crippen molar-refractivity contribution >= 4 is 39.1 Å². The Morgan fingerprint density at radius 3 is 2.42 bits per heavy atom. The molecule has 2 aromatic rings. The summed E-state index contributed by atoms with van der Waals surface area (Å²) in [6.07, 6.45) is -5.70. The molecule has 1 atom stereocenters. The van der Waals surface area contributed by atoms with E-state index >= 15 is 0 Å². The van der Waals surface area contributed by atoms with Gasteiger partial charge in [0.25, 0.3) is 11.8 Å². The number of likely N-dealkylation sites (tertiary alicyclic amines) is 1. The van der Waals surface area contributed by atoms with Crippen molar-refractivity contribution in [2.24, 2.45) is 10.3 Å². The molecule has 2 fully saturated rings. The number of anilines is 2. The first-order valence-corrected chi connectivity index (χ1v) is 16.8. The lowest BCUT2D eigenvalue weighted by atomic mass is 10.00. The van der Waals surface area contributed by atoms with Crippen LogP contribution in [0.3, 0.4) is 0 Å². The van der Waals surface area contributed by atoms with Crippen molar-refractivity contribution in [2.75, 3.05) is 42.7 Å². The summed E-state index contributed by atoms with van der Waals surface area (Å²) in [6.45, 7) is 5.83. The summed E-state index contributed by atoms with van der Waals surface area (Å²) >= 11 is 0. The number of rotatable bonds is 5. The van der Waals surface area contributed by atoms with E-state index in [1.807, 2.05) is 0 Å². The minimum absolute atomic E-state index is 0.0284. The molecule has 3 heterocycles. The van der Waals surface area contributed by atoms with Gasteiger partial charge in [0.2, 0.25) is 5.92 Å². The van der Waals surface area contributed by atoms with Crippen molar-refractivity contribution in [3.05, 3.63) is 46.6 Å². The topological polar surface area (TPSA) is 145 Å². The normalized spacial score (nSPS) is 18.1. The van der Waals surface area contributed by atoms with Crippen LogP contribution in [0, 0.1) is 24.2 Å². The van der Waals surface area contributed by atoms with Crippen LogP contribution in [0.1, 0.15) is 67.2 Å². The lowest BCUT2D eigenvalue weighted by Crippen LogP contribution is -2.54. The Hall–Kier alpha value is -4.33. The highest BCUT2D eigenvalue weighted by molar-refractivity contribution is 7.93. The fourth-order valence-electron chi connectivity index (χ4n) is 5.22. The predicted molar refractivity (Wildman–Crippen MR) is 165 cm³/mol. The van der Waals surface area contributed by atoms with Crippen LogP contribution in [0.15, 0.2) is 33.5 Å². The summed E-state index contributed by atoms with van der Waals surface area (Å²) < 4.78 is 92.8. The largest absolute Gasteiger partial charge is 0.444 e. The van der Waals surface area contributed by atoms with Gasteiger partial charge in [-0.25, -0.2) is 22.8 Å². The van der Waals surface area contributed by atoms with Gasteiger partial charge < -0.3 is 19.9 Å². The second-order valence-electron chi connectivity index (χ2n) is 12.8. The third kappa shape index (κ3) is 8.38. The van der Waals surface area contributed by atoms with Crippen molar-refractivity contribution in [1.29, 1.82) is 5.26 Å². The first kappa shape index (κ1) is 36.5. The number of nitrogens with zero attached hydrogens (tertiary/aromatic N) is 5. The SMILES string of the molecule is Cc1c(C#N)c(C(F)(F)F)nc(N2CCCC(F)(F)CC2)c1C(=O)Nc1cccc([S@@](C)(=O)=NC(=O)C2CN(C(=O)OC(C)(C)C)C2)c1. The Bertz CT molecular complexity index is 1790. The van der Waals surface area contributed by atoms with E-state index in [4.69, 9.17) is 4.74 Å². The number of nitrogens with one attached hydrogen (secondary N) is 1. The van der Waals surface area contributed by atoms with Gasteiger partial charge in [-0.15, -0.1) is 0 Å². The van der Waals surface area contributed by atoms with Crippen LogP contribution >= 0.6 is 0 Å². The maximum atomic E-state index is 14.1. The van der Waals surface area contributed by atoms with Gasteiger partial charge in [0.05, 0.1) is 26.8 Å². The molecule has 3 amide bonds.